The number of hydrogen-bond donors (Lipinski definition) is 2. The Balaban J connectivity index is 2.77. The fourth-order valence-corrected chi connectivity index (χ4v) is 1.72. The van der Waals surface area contributed by atoms with E-state index in [9.17, 15) is 4.79 Å². The maximum absolute atomic E-state index is 11.1. The van der Waals surface area contributed by atoms with Crippen LogP contribution in [0.5, 0.6) is 0 Å². The lowest BCUT2D eigenvalue weighted by Gasteiger charge is -2.20. The second-order valence-corrected chi connectivity index (χ2v) is 4.98. The van der Waals surface area contributed by atoms with Crippen molar-refractivity contribution in [2.45, 2.75) is 39.2 Å². The van der Waals surface area contributed by atoms with E-state index in [0.717, 1.165) is 5.82 Å². The highest BCUT2D eigenvalue weighted by atomic mass is 32.1. The van der Waals surface area contributed by atoms with Crippen molar-refractivity contribution in [3.8, 4) is 0 Å². The first-order valence-corrected chi connectivity index (χ1v) is 5.52. The molecule has 0 aliphatic rings. The molecule has 84 valence electrons. The number of carbonyl (C=O) groups excluding carboxylic acids is 1. The highest BCUT2D eigenvalue weighted by Crippen LogP contribution is 2.20. The van der Waals surface area contributed by atoms with Gasteiger partial charge in [0.05, 0.1) is 0 Å². The molecule has 1 aromatic rings. The van der Waals surface area contributed by atoms with Crippen LogP contribution in [0.25, 0.3) is 0 Å². The third-order valence-corrected chi connectivity index (χ3v) is 2.64. The zero-order valence-electron chi connectivity index (χ0n) is 9.37. The molecule has 0 aromatic carbocycles. The van der Waals surface area contributed by atoms with Gasteiger partial charge in [-0.3, -0.25) is 4.79 Å². The molecule has 0 saturated carbocycles. The summed E-state index contributed by atoms with van der Waals surface area (Å²) in [7, 11) is 0. The predicted molar refractivity (Wildman–Crippen MR) is 60.9 cm³/mol. The van der Waals surface area contributed by atoms with Gasteiger partial charge in [-0.25, -0.2) is 4.98 Å². The van der Waals surface area contributed by atoms with Gasteiger partial charge in [0.25, 0.3) is 0 Å². The van der Waals surface area contributed by atoms with Crippen molar-refractivity contribution in [3.05, 3.63) is 5.82 Å². The van der Waals surface area contributed by atoms with Crippen molar-refractivity contribution in [2.75, 3.05) is 5.32 Å². The minimum atomic E-state index is -0.798. The lowest BCUT2D eigenvalue weighted by atomic mass is 10.1. The Hall–Kier alpha value is -1.17. The molecule has 1 amide bonds. The van der Waals surface area contributed by atoms with E-state index in [1.807, 2.05) is 13.8 Å². The minimum Gasteiger partial charge on any atom is -0.368 e. The number of primary amides is 1. The van der Waals surface area contributed by atoms with Crippen LogP contribution in [0.15, 0.2) is 0 Å². The molecule has 0 atom stereocenters. The molecule has 0 unspecified atom stereocenters. The number of carbonyl (C=O) groups is 1. The summed E-state index contributed by atoms with van der Waals surface area (Å²) >= 11 is 1.24. The summed E-state index contributed by atoms with van der Waals surface area (Å²) in [5.41, 5.74) is 4.44. The van der Waals surface area contributed by atoms with Gasteiger partial charge in [-0.15, -0.1) is 0 Å². The van der Waals surface area contributed by atoms with E-state index < -0.39 is 11.4 Å². The Morgan fingerprint density at radius 3 is 2.53 bits per heavy atom. The summed E-state index contributed by atoms with van der Waals surface area (Å²) in [6, 6.07) is 0. The summed E-state index contributed by atoms with van der Waals surface area (Å²) in [5.74, 6) is 0.653. The number of nitrogens with one attached hydrogen (secondary N) is 1. The number of hydrogen-bond acceptors (Lipinski definition) is 5. The Labute approximate surface area is 93.3 Å². The van der Waals surface area contributed by atoms with Gasteiger partial charge in [0.15, 0.2) is 0 Å². The summed E-state index contributed by atoms with van der Waals surface area (Å²) < 4.78 is 4.18. The first-order chi connectivity index (χ1) is 6.83. The third-order valence-electron chi connectivity index (χ3n) is 1.99. The molecule has 5 nitrogen and oxygen atoms in total. The van der Waals surface area contributed by atoms with E-state index >= 15 is 0 Å². The first kappa shape index (κ1) is 11.9. The summed E-state index contributed by atoms with van der Waals surface area (Å²) in [6.07, 6.45) is 0. The van der Waals surface area contributed by atoms with E-state index in [1.54, 1.807) is 13.8 Å². The molecule has 3 N–H and O–H groups in total. The number of anilines is 1. The predicted octanol–water partition coefficient (Wildman–Crippen LogP) is 1.34. The summed E-state index contributed by atoms with van der Waals surface area (Å²) in [6.45, 7) is 7.47. The Morgan fingerprint density at radius 1 is 1.53 bits per heavy atom. The molecule has 0 aliphatic heterocycles. The first-order valence-electron chi connectivity index (χ1n) is 4.74. The van der Waals surface area contributed by atoms with Crippen LogP contribution in [0, 0.1) is 0 Å². The van der Waals surface area contributed by atoms with Gasteiger partial charge in [-0.2, -0.15) is 4.37 Å². The van der Waals surface area contributed by atoms with Crippen molar-refractivity contribution < 1.29 is 4.79 Å². The molecule has 0 bridgehead atoms. The minimum absolute atomic E-state index is 0.286. The topological polar surface area (TPSA) is 80.9 Å². The molecular formula is C9H16N4OS. The molecule has 6 heteroatoms. The molecule has 15 heavy (non-hydrogen) atoms. The van der Waals surface area contributed by atoms with Crippen LogP contribution in [0.2, 0.25) is 0 Å². The van der Waals surface area contributed by atoms with E-state index in [1.165, 1.54) is 11.5 Å². The van der Waals surface area contributed by atoms with Gasteiger partial charge in [0, 0.05) is 17.5 Å². The van der Waals surface area contributed by atoms with Crippen LogP contribution in [0.4, 0.5) is 5.13 Å². The normalized spacial score (nSPS) is 11.8. The molecule has 1 heterocycles. The quantitative estimate of drug-likeness (QED) is 0.814. The van der Waals surface area contributed by atoms with Gasteiger partial charge >= 0.3 is 0 Å². The van der Waals surface area contributed by atoms with Gasteiger partial charge in [0.1, 0.15) is 11.4 Å². The van der Waals surface area contributed by atoms with Crippen LogP contribution in [0.3, 0.4) is 0 Å². The molecule has 0 saturated heterocycles. The molecular weight excluding hydrogens is 212 g/mol. The zero-order chi connectivity index (χ0) is 11.6. The Bertz CT molecular complexity index is 359. The van der Waals surface area contributed by atoms with E-state index in [2.05, 4.69) is 14.7 Å². The van der Waals surface area contributed by atoms with Crippen molar-refractivity contribution >= 4 is 22.6 Å². The van der Waals surface area contributed by atoms with Crippen molar-refractivity contribution in [3.63, 3.8) is 0 Å². The van der Waals surface area contributed by atoms with Gasteiger partial charge in [0.2, 0.25) is 11.0 Å². The number of amides is 1. The van der Waals surface area contributed by atoms with Crippen molar-refractivity contribution in [1.82, 2.24) is 9.36 Å². The van der Waals surface area contributed by atoms with Crippen LogP contribution in [-0.4, -0.2) is 20.8 Å². The summed E-state index contributed by atoms with van der Waals surface area (Å²) in [5, 5.41) is 3.59. The smallest absolute Gasteiger partial charge is 0.242 e. The van der Waals surface area contributed by atoms with Gasteiger partial charge in [-0.05, 0) is 13.8 Å². The van der Waals surface area contributed by atoms with Crippen molar-refractivity contribution in [2.24, 2.45) is 5.73 Å². The van der Waals surface area contributed by atoms with Gasteiger partial charge < -0.3 is 11.1 Å². The lowest BCUT2D eigenvalue weighted by Crippen LogP contribution is -2.45. The zero-order valence-corrected chi connectivity index (χ0v) is 10.2. The maximum atomic E-state index is 11.1. The van der Waals surface area contributed by atoms with E-state index in [0.29, 0.717) is 5.13 Å². The Kier molecular flexibility index (Phi) is 3.28. The number of aromatic nitrogens is 2. The van der Waals surface area contributed by atoms with Crippen LogP contribution >= 0.6 is 11.5 Å². The van der Waals surface area contributed by atoms with Gasteiger partial charge in [-0.1, -0.05) is 13.8 Å². The average Bonchev–Trinajstić information content (AvgIpc) is 2.51. The SMILES string of the molecule is CC(C)c1nsc(NC(C)(C)C(N)=O)n1. The highest BCUT2D eigenvalue weighted by molar-refractivity contribution is 7.09. The highest BCUT2D eigenvalue weighted by Gasteiger charge is 2.26. The average molecular weight is 228 g/mol. The second kappa shape index (κ2) is 4.14. The molecule has 1 rings (SSSR count). The van der Waals surface area contributed by atoms with E-state index in [-0.39, 0.29) is 5.92 Å². The maximum Gasteiger partial charge on any atom is 0.242 e. The fraction of sp³-hybridized carbons (Fsp3) is 0.667. The molecule has 1 aromatic heterocycles. The van der Waals surface area contributed by atoms with Crippen molar-refractivity contribution in [1.29, 1.82) is 0 Å². The monoisotopic (exact) mass is 228 g/mol. The summed E-state index contributed by atoms with van der Waals surface area (Å²) in [4.78, 5) is 15.3. The van der Waals surface area contributed by atoms with E-state index in [4.69, 9.17) is 5.73 Å². The molecule has 0 fully saturated rings. The molecule has 0 radical (unpaired) electrons. The van der Waals surface area contributed by atoms with Crippen LogP contribution in [0.1, 0.15) is 39.4 Å². The second-order valence-electron chi connectivity index (χ2n) is 4.23. The number of rotatable bonds is 4. The molecule has 0 spiro atoms. The Morgan fingerprint density at radius 2 is 2.13 bits per heavy atom. The largest absolute Gasteiger partial charge is 0.368 e. The number of nitrogens with zero attached hydrogens (tertiary/aromatic N) is 2. The van der Waals surface area contributed by atoms with Crippen LogP contribution in [-0.2, 0) is 4.79 Å². The fourth-order valence-electron chi connectivity index (χ4n) is 0.849. The molecule has 0 aliphatic carbocycles. The van der Waals surface area contributed by atoms with Crippen LogP contribution < -0.4 is 11.1 Å². The third kappa shape index (κ3) is 2.89. The lowest BCUT2D eigenvalue weighted by molar-refractivity contribution is -0.121. The standard InChI is InChI=1S/C9H16N4OS/c1-5(2)6-11-8(15-13-6)12-9(3,4)7(10)14/h5H,1-4H3,(H2,10,14)(H,11,12,13). The number of nitrogens with two attached hydrogens (primary N) is 1.